The van der Waals surface area contributed by atoms with Crippen molar-refractivity contribution in [3.8, 4) is 6.07 Å². The van der Waals surface area contributed by atoms with Crippen LogP contribution in [0.5, 0.6) is 0 Å². The van der Waals surface area contributed by atoms with Crippen molar-refractivity contribution in [1.82, 2.24) is 15.3 Å². The quantitative estimate of drug-likeness (QED) is 0.562. The standard InChI is InChI=1S/C21H20N4O2/c22-13-17(20-24-19-10-5-4-9-16(19)21(27)25-20)18(11-6-12-26)23-14-15-7-2-1-3-8-15/h1-5,7-10,23,26H,6,11-12,14H2,(H,24,25,27)/b18-17-. The van der Waals surface area contributed by atoms with Crippen LogP contribution in [0.1, 0.15) is 24.2 Å². The van der Waals surface area contributed by atoms with Gasteiger partial charge in [-0.2, -0.15) is 5.26 Å². The first-order valence-corrected chi connectivity index (χ1v) is 8.74. The number of hydrogen-bond acceptors (Lipinski definition) is 5. The van der Waals surface area contributed by atoms with Crippen molar-refractivity contribution in [2.45, 2.75) is 19.4 Å². The molecule has 27 heavy (non-hydrogen) atoms. The third-order valence-corrected chi connectivity index (χ3v) is 4.20. The van der Waals surface area contributed by atoms with E-state index in [1.807, 2.05) is 30.3 Å². The van der Waals surface area contributed by atoms with E-state index in [0.29, 0.717) is 36.0 Å². The van der Waals surface area contributed by atoms with Gasteiger partial charge < -0.3 is 15.4 Å². The van der Waals surface area contributed by atoms with E-state index in [0.717, 1.165) is 5.56 Å². The maximum Gasteiger partial charge on any atom is 0.259 e. The molecule has 0 aliphatic heterocycles. The molecule has 1 heterocycles. The summed E-state index contributed by atoms with van der Waals surface area (Å²) < 4.78 is 0. The highest BCUT2D eigenvalue weighted by Gasteiger charge is 2.13. The Morgan fingerprint density at radius 3 is 2.63 bits per heavy atom. The average molecular weight is 360 g/mol. The van der Waals surface area contributed by atoms with Crippen LogP contribution in [0.4, 0.5) is 0 Å². The molecule has 0 aliphatic rings. The molecule has 0 unspecified atom stereocenters. The second kappa shape index (κ2) is 8.79. The van der Waals surface area contributed by atoms with Crippen LogP contribution in [0, 0.1) is 11.3 Å². The number of aliphatic hydroxyl groups excluding tert-OH is 1. The summed E-state index contributed by atoms with van der Waals surface area (Å²) in [4.78, 5) is 19.5. The minimum absolute atomic E-state index is 0.0108. The zero-order chi connectivity index (χ0) is 19.1. The normalized spacial score (nSPS) is 11.7. The molecule has 0 saturated heterocycles. The zero-order valence-corrected chi connectivity index (χ0v) is 14.8. The van der Waals surface area contributed by atoms with Gasteiger partial charge in [-0.15, -0.1) is 0 Å². The van der Waals surface area contributed by atoms with E-state index in [4.69, 9.17) is 0 Å². The molecule has 3 N–H and O–H groups in total. The van der Waals surface area contributed by atoms with Gasteiger partial charge in [0, 0.05) is 18.8 Å². The first-order chi connectivity index (χ1) is 13.2. The SMILES string of the molecule is N#C/C(=C(\CCCO)NCc1ccccc1)c1nc2ccccc2c(=O)[nH]1. The van der Waals surface area contributed by atoms with Crippen molar-refractivity contribution in [2.24, 2.45) is 0 Å². The van der Waals surface area contributed by atoms with Gasteiger partial charge in [0.25, 0.3) is 5.56 Å². The van der Waals surface area contributed by atoms with Crippen molar-refractivity contribution in [3.05, 3.63) is 82.0 Å². The minimum atomic E-state index is -0.284. The van der Waals surface area contributed by atoms with Gasteiger partial charge >= 0.3 is 0 Å². The molecule has 0 aliphatic carbocycles. The average Bonchev–Trinajstić information content (AvgIpc) is 2.71. The number of para-hydroxylation sites is 1. The lowest BCUT2D eigenvalue weighted by atomic mass is 10.1. The Kier molecular flexibility index (Phi) is 5.98. The van der Waals surface area contributed by atoms with Crippen molar-refractivity contribution in [2.75, 3.05) is 6.61 Å². The van der Waals surface area contributed by atoms with E-state index in [-0.39, 0.29) is 23.6 Å². The summed E-state index contributed by atoms with van der Waals surface area (Å²) in [7, 11) is 0. The maximum atomic E-state index is 12.3. The van der Waals surface area contributed by atoms with Crippen molar-refractivity contribution >= 4 is 16.5 Å². The molecular formula is C21H20N4O2. The lowest BCUT2D eigenvalue weighted by molar-refractivity contribution is 0.287. The van der Waals surface area contributed by atoms with Crippen LogP contribution >= 0.6 is 0 Å². The molecule has 0 radical (unpaired) electrons. The first kappa shape index (κ1) is 18.4. The molecule has 0 spiro atoms. The van der Waals surface area contributed by atoms with Gasteiger partial charge in [0.05, 0.1) is 10.9 Å². The molecule has 136 valence electrons. The van der Waals surface area contributed by atoms with E-state index < -0.39 is 0 Å². The third kappa shape index (κ3) is 4.40. The highest BCUT2D eigenvalue weighted by atomic mass is 16.2. The number of nitriles is 1. The van der Waals surface area contributed by atoms with Gasteiger partial charge in [0.1, 0.15) is 11.6 Å². The number of hydrogen-bond donors (Lipinski definition) is 3. The van der Waals surface area contributed by atoms with Gasteiger partial charge in [-0.25, -0.2) is 4.98 Å². The van der Waals surface area contributed by atoms with Crippen LogP contribution in [0.25, 0.3) is 16.5 Å². The summed E-state index contributed by atoms with van der Waals surface area (Å²) in [6.07, 6.45) is 0.975. The van der Waals surface area contributed by atoms with Crippen LogP contribution < -0.4 is 10.9 Å². The summed E-state index contributed by atoms with van der Waals surface area (Å²) in [5.41, 5.74) is 2.24. The molecule has 2 aromatic carbocycles. The minimum Gasteiger partial charge on any atom is -0.396 e. The van der Waals surface area contributed by atoms with E-state index in [9.17, 15) is 15.2 Å². The van der Waals surface area contributed by atoms with E-state index in [2.05, 4.69) is 21.4 Å². The smallest absolute Gasteiger partial charge is 0.259 e. The largest absolute Gasteiger partial charge is 0.396 e. The molecule has 0 fully saturated rings. The molecular weight excluding hydrogens is 340 g/mol. The van der Waals surface area contributed by atoms with Gasteiger partial charge in [-0.3, -0.25) is 4.79 Å². The predicted molar refractivity (Wildman–Crippen MR) is 104 cm³/mol. The molecule has 3 aromatic rings. The molecule has 0 atom stereocenters. The fourth-order valence-corrected chi connectivity index (χ4v) is 2.83. The topological polar surface area (TPSA) is 102 Å². The van der Waals surface area contributed by atoms with Gasteiger partial charge in [0.15, 0.2) is 5.82 Å². The second-order valence-corrected chi connectivity index (χ2v) is 6.06. The molecule has 0 amide bonds. The number of nitrogens with one attached hydrogen (secondary N) is 2. The Morgan fingerprint density at radius 1 is 1.15 bits per heavy atom. The zero-order valence-electron chi connectivity index (χ0n) is 14.8. The van der Waals surface area contributed by atoms with Crippen molar-refractivity contribution in [1.29, 1.82) is 5.26 Å². The monoisotopic (exact) mass is 360 g/mol. The van der Waals surface area contributed by atoms with Crippen LogP contribution in [-0.2, 0) is 6.54 Å². The fraction of sp³-hybridized carbons (Fsp3) is 0.190. The second-order valence-electron chi connectivity index (χ2n) is 6.06. The Balaban J connectivity index is 2.01. The number of fused-ring (bicyclic) bond motifs is 1. The van der Waals surface area contributed by atoms with Crippen molar-refractivity contribution in [3.63, 3.8) is 0 Å². The summed E-state index contributed by atoms with van der Waals surface area (Å²) >= 11 is 0. The van der Waals surface area contributed by atoms with Crippen molar-refractivity contribution < 1.29 is 5.11 Å². The number of H-pyrrole nitrogens is 1. The number of aromatic nitrogens is 2. The van der Waals surface area contributed by atoms with E-state index >= 15 is 0 Å². The van der Waals surface area contributed by atoms with Crippen LogP contribution in [0.2, 0.25) is 0 Å². The first-order valence-electron chi connectivity index (χ1n) is 8.74. The van der Waals surface area contributed by atoms with Crippen LogP contribution in [0.15, 0.2) is 65.1 Å². The molecule has 0 bridgehead atoms. The molecule has 1 aromatic heterocycles. The molecule has 3 rings (SSSR count). The number of nitrogens with zero attached hydrogens (tertiary/aromatic N) is 2. The highest BCUT2D eigenvalue weighted by molar-refractivity contribution is 5.82. The number of rotatable bonds is 7. The lowest BCUT2D eigenvalue weighted by Crippen LogP contribution is -2.18. The van der Waals surface area contributed by atoms with E-state index in [1.165, 1.54) is 0 Å². The Labute approximate surface area is 156 Å². The fourth-order valence-electron chi connectivity index (χ4n) is 2.83. The highest BCUT2D eigenvalue weighted by Crippen LogP contribution is 2.18. The molecule has 6 heteroatoms. The predicted octanol–water partition coefficient (Wildman–Crippen LogP) is 2.72. The Bertz CT molecular complexity index is 1050. The van der Waals surface area contributed by atoms with Gasteiger partial charge in [-0.05, 0) is 30.5 Å². The number of allylic oxidation sites excluding steroid dienone is 2. The summed E-state index contributed by atoms with van der Waals surface area (Å²) in [5.74, 6) is 0.231. The lowest BCUT2D eigenvalue weighted by Gasteiger charge is -2.13. The number of aliphatic hydroxyl groups is 1. The number of aromatic amines is 1. The van der Waals surface area contributed by atoms with Gasteiger partial charge in [-0.1, -0.05) is 42.5 Å². The Morgan fingerprint density at radius 2 is 1.89 bits per heavy atom. The molecule has 6 nitrogen and oxygen atoms in total. The number of benzene rings is 2. The van der Waals surface area contributed by atoms with Crippen LogP contribution in [0.3, 0.4) is 0 Å². The summed E-state index contributed by atoms with van der Waals surface area (Å²) in [6, 6.07) is 19.0. The van der Waals surface area contributed by atoms with Crippen LogP contribution in [-0.4, -0.2) is 21.7 Å². The summed E-state index contributed by atoms with van der Waals surface area (Å²) in [5, 5.41) is 22.7. The Hall–Kier alpha value is -3.43. The third-order valence-electron chi connectivity index (χ3n) is 4.20. The van der Waals surface area contributed by atoms with E-state index in [1.54, 1.807) is 24.3 Å². The maximum absolute atomic E-state index is 12.3. The summed E-state index contributed by atoms with van der Waals surface area (Å²) in [6.45, 7) is 0.543. The molecule has 0 saturated carbocycles. The van der Waals surface area contributed by atoms with Gasteiger partial charge in [0.2, 0.25) is 0 Å².